The van der Waals surface area contributed by atoms with Crippen LogP contribution >= 0.6 is 0 Å². The van der Waals surface area contributed by atoms with Gasteiger partial charge in [0.2, 0.25) is 5.91 Å². The number of rotatable bonds is 3. The molecule has 1 amide bonds. The van der Waals surface area contributed by atoms with Gasteiger partial charge >= 0.3 is 0 Å². The Balaban J connectivity index is 1.34. The lowest BCUT2D eigenvalue weighted by atomic mass is 9.87. The maximum Gasteiger partial charge on any atom is 0.236 e. The molecule has 0 saturated carbocycles. The van der Waals surface area contributed by atoms with Crippen LogP contribution in [0.4, 0.5) is 5.69 Å². The zero-order valence-electron chi connectivity index (χ0n) is 18.0. The Morgan fingerprint density at radius 2 is 1.64 bits per heavy atom. The number of amides is 1. The molecule has 0 atom stereocenters. The predicted octanol–water partition coefficient (Wildman–Crippen LogP) is 6.19. The molecule has 33 heavy (non-hydrogen) atoms. The summed E-state index contributed by atoms with van der Waals surface area (Å²) >= 11 is 0. The molecule has 0 fully saturated rings. The number of aryl methyl sites for hydroxylation is 1. The van der Waals surface area contributed by atoms with Crippen molar-refractivity contribution in [1.29, 1.82) is 0 Å². The number of fused-ring (bicyclic) bond motifs is 3. The average Bonchev–Trinajstić information content (AvgIpc) is 3.28. The van der Waals surface area contributed by atoms with Crippen molar-refractivity contribution in [1.82, 2.24) is 9.38 Å². The van der Waals surface area contributed by atoms with E-state index in [1.165, 1.54) is 0 Å². The van der Waals surface area contributed by atoms with Crippen molar-refractivity contribution >= 4 is 17.2 Å². The fourth-order valence-electron chi connectivity index (χ4n) is 4.46. The Hall–Kier alpha value is -4.38. The van der Waals surface area contributed by atoms with Gasteiger partial charge in [-0.05, 0) is 42.8 Å². The van der Waals surface area contributed by atoms with Crippen molar-refractivity contribution in [2.45, 2.75) is 12.8 Å². The lowest BCUT2D eigenvalue weighted by Gasteiger charge is -2.27. The maximum absolute atomic E-state index is 13.5. The van der Waals surface area contributed by atoms with Crippen molar-refractivity contribution in [3.63, 3.8) is 0 Å². The molecule has 1 N–H and O–H groups in total. The third kappa shape index (κ3) is 3.34. The van der Waals surface area contributed by atoms with Gasteiger partial charge in [0.15, 0.2) is 0 Å². The van der Waals surface area contributed by atoms with Crippen LogP contribution in [0.25, 0.3) is 16.9 Å². The van der Waals surface area contributed by atoms with Crippen molar-refractivity contribution in [2.24, 2.45) is 0 Å². The molecular weight excluding hydrogens is 410 g/mol. The minimum atomic E-state index is -0.451. The summed E-state index contributed by atoms with van der Waals surface area (Å²) in [4.78, 5) is 18.3. The standard InChI is InChI=1S/C28H21N3O2/c1-18-8-7-15-31-17-23(30-27(18)31)19-9-6-10-20(16-19)29-28(32)26-21-11-2-4-13-24(21)33-25-14-5-3-12-22(25)26/h2-17,26H,1H3,(H,29,32). The number of hydrogen-bond acceptors (Lipinski definition) is 3. The van der Waals surface area contributed by atoms with E-state index in [1.807, 2.05) is 109 Å². The second kappa shape index (κ2) is 7.64. The van der Waals surface area contributed by atoms with Crippen LogP contribution in [0.3, 0.4) is 0 Å². The lowest BCUT2D eigenvalue weighted by molar-refractivity contribution is -0.116. The molecule has 5 heteroatoms. The Labute approximate surface area is 191 Å². The topological polar surface area (TPSA) is 55.6 Å². The average molecular weight is 431 g/mol. The smallest absolute Gasteiger partial charge is 0.236 e. The first-order chi connectivity index (χ1) is 16.2. The number of pyridine rings is 1. The molecule has 5 aromatic rings. The molecule has 5 nitrogen and oxygen atoms in total. The monoisotopic (exact) mass is 431 g/mol. The molecule has 0 bridgehead atoms. The molecule has 160 valence electrons. The number of imidazole rings is 1. The number of carbonyl (C=O) groups excluding carboxylic acids is 1. The molecule has 0 unspecified atom stereocenters. The second-order valence-electron chi connectivity index (χ2n) is 8.23. The predicted molar refractivity (Wildman–Crippen MR) is 129 cm³/mol. The highest BCUT2D eigenvalue weighted by Gasteiger charge is 2.32. The van der Waals surface area contributed by atoms with Gasteiger partial charge in [-0.3, -0.25) is 4.79 Å². The van der Waals surface area contributed by atoms with E-state index in [4.69, 9.17) is 9.72 Å². The Kier molecular flexibility index (Phi) is 4.47. The summed E-state index contributed by atoms with van der Waals surface area (Å²) in [6, 6.07) is 27.3. The first kappa shape index (κ1) is 19.3. The highest BCUT2D eigenvalue weighted by molar-refractivity contribution is 6.00. The number of nitrogens with one attached hydrogen (secondary N) is 1. The normalized spacial score (nSPS) is 12.6. The molecule has 0 saturated heterocycles. The number of carbonyl (C=O) groups is 1. The van der Waals surface area contributed by atoms with Gasteiger partial charge in [0, 0.05) is 34.8 Å². The van der Waals surface area contributed by atoms with Crippen LogP contribution in [0.2, 0.25) is 0 Å². The first-order valence-corrected chi connectivity index (χ1v) is 10.9. The van der Waals surface area contributed by atoms with E-state index in [2.05, 4.69) is 5.32 Å². The zero-order chi connectivity index (χ0) is 22.4. The number of ether oxygens (including phenoxy) is 1. The van der Waals surface area contributed by atoms with E-state index < -0.39 is 5.92 Å². The van der Waals surface area contributed by atoms with Crippen molar-refractivity contribution < 1.29 is 9.53 Å². The lowest BCUT2D eigenvalue weighted by Crippen LogP contribution is -2.25. The van der Waals surface area contributed by atoms with E-state index in [0.717, 1.165) is 39.3 Å². The van der Waals surface area contributed by atoms with Gasteiger partial charge in [0.1, 0.15) is 17.1 Å². The van der Waals surface area contributed by atoms with Crippen LogP contribution in [0.5, 0.6) is 11.5 Å². The van der Waals surface area contributed by atoms with Gasteiger partial charge in [0.05, 0.1) is 11.6 Å². The van der Waals surface area contributed by atoms with E-state index in [-0.39, 0.29) is 5.91 Å². The van der Waals surface area contributed by atoms with Gasteiger partial charge in [-0.1, -0.05) is 54.6 Å². The third-order valence-corrected chi connectivity index (χ3v) is 6.05. The third-order valence-electron chi connectivity index (χ3n) is 6.05. The van der Waals surface area contributed by atoms with Crippen LogP contribution in [-0.4, -0.2) is 15.3 Å². The minimum absolute atomic E-state index is 0.0961. The van der Waals surface area contributed by atoms with E-state index in [9.17, 15) is 4.79 Å². The summed E-state index contributed by atoms with van der Waals surface area (Å²) in [5.74, 6) is 0.879. The molecule has 3 heterocycles. The Morgan fingerprint density at radius 3 is 2.36 bits per heavy atom. The summed E-state index contributed by atoms with van der Waals surface area (Å²) in [5, 5.41) is 3.12. The highest BCUT2D eigenvalue weighted by atomic mass is 16.5. The number of nitrogens with zero attached hydrogens (tertiary/aromatic N) is 2. The molecule has 0 radical (unpaired) electrons. The van der Waals surface area contributed by atoms with Crippen LogP contribution in [-0.2, 0) is 4.79 Å². The minimum Gasteiger partial charge on any atom is -0.457 e. The van der Waals surface area contributed by atoms with Crippen molar-refractivity contribution in [2.75, 3.05) is 5.32 Å². The largest absolute Gasteiger partial charge is 0.457 e. The number of anilines is 1. The Morgan fingerprint density at radius 1 is 0.909 bits per heavy atom. The second-order valence-corrected chi connectivity index (χ2v) is 8.23. The molecule has 0 aliphatic carbocycles. The van der Waals surface area contributed by atoms with Gasteiger partial charge in [-0.2, -0.15) is 0 Å². The number of benzene rings is 3. The van der Waals surface area contributed by atoms with E-state index >= 15 is 0 Å². The van der Waals surface area contributed by atoms with Crippen LogP contribution < -0.4 is 10.1 Å². The summed E-state index contributed by atoms with van der Waals surface area (Å²) in [6.45, 7) is 2.05. The molecular formula is C28H21N3O2. The molecule has 2 aromatic heterocycles. The summed E-state index contributed by atoms with van der Waals surface area (Å²) in [6.07, 6.45) is 4.00. The van der Waals surface area contributed by atoms with E-state index in [0.29, 0.717) is 11.5 Å². The fourth-order valence-corrected chi connectivity index (χ4v) is 4.46. The van der Waals surface area contributed by atoms with Gasteiger partial charge in [-0.25, -0.2) is 4.98 Å². The molecule has 3 aromatic carbocycles. The molecule has 1 aliphatic heterocycles. The molecule has 0 spiro atoms. The first-order valence-electron chi connectivity index (χ1n) is 10.9. The highest BCUT2D eigenvalue weighted by Crippen LogP contribution is 2.44. The summed E-state index contributed by atoms with van der Waals surface area (Å²) < 4.78 is 8.05. The maximum atomic E-state index is 13.5. The van der Waals surface area contributed by atoms with Crippen LogP contribution in [0.15, 0.2) is 97.3 Å². The van der Waals surface area contributed by atoms with Crippen molar-refractivity contribution in [3.8, 4) is 22.8 Å². The Bertz CT molecular complexity index is 1470. The van der Waals surface area contributed by atoms with Gasteiger partial charge in [-0.15, -0.1) is 0 Å². The van der Waals surface area contributed by atoms with Crippen molar-refractivity contribution in [3.05, 3.63) is 114 Å². The number of hydrogen-bond donors (Lipinski definition) is 1. The SMILES string of the molecule is Cc1cccn2cc(-c3cccc(NC(=O)C4c5ccccc5Oc5ccccc54)c3)nc12. The van der Waals surface area contributed by atoms with E-state index in [1.54, 1.807) is 0 Å². The van der Waals surface area contributed by atoms with Gasteiger partial charge in [0.25, 0.3) is 0 Å². The summed E-state index contributed by atoms with van der Waals surface area (Å²) in [7, 11) is 0. The summed E-state index contributed by atoms with van der Waals surface area (Å²) in [5.41, 5.74) is 6.31. The molecule has 1 aliphatic rings. The molecule has 6 rings (SSSR count). The quantitative estimate of drug-likeness (QED) is 0.371. The van der Waals surface area contributed by atoms with Gasteiger partial charge < -0.3 is 14.5 Å². The fraction of sp³-hybridized carbons (Fsp3) is 0.0714. The number of aromatic nitrogens is 2. The number of para-hydroxylation sites is 2. The van der Waals surface area contributed by atoms with Crippen LogP contribution in [0.1, 0.15) is 22.6 Å². The van der Waals surface area contributed by atoms with Crippen LogP contribution in [0, 0.1) is 6.92 Å². The zero-order valence-corrected chi connectivity index (χ0v) is 18.0.